The lowest BCUT2D eigenvalue weighted by atomic mass is 10.0. The monoisotopic (exact) mass is 320 g/mol. The molecule has 23 heavy (non-hydrogen) atoms. The first-order valence-corrected chi connectivity index (χ1v) is 7.25. The summed E-state index contributed by atoms with van der Waals surface area (Å²) < 4.78 is 39.5. The van der Waals surface area contributed by atoms with E-state index in [1.165, 1.54) is 24.3 Å². The predicted octanol–water partition coefficient (Wildman–Crippen LogP) is 3.39. The number of nitrogens with one attached hydrogen (secondary N) is 1. The van der Waals surface area contributed by atoms with E-state index < -0.39 is 11.6 Å². The molecule has 0 saturated carbocycles. The van der Waals surface area contributed by atoms with E-state index in [-0.39, 0.29) is 18.5 Å². The van der Waals surface area contributed by atoms with Crippen LogP contribution in [-0.2, 0) is 11.4 Å². The van der Waals surface area contributed by atoms with E-state index in [0.29, 0.717) is 29.8 Å². The van der Waals surface area contributed by atoms with Crippen LogP contribution in [0, 0.1) is 17.5 Å². The standard InChI is InChI=1S/C17H15F3N2O/c18-13-3-1-2-11(6-13)17-8-15(23-22-17)10-21-9-12-4-5-14(19)7-16(12)20/h1-7,15,21H,8-10H2/t15-/m0/s1. The van der Waals surface area contributed by atoms with Crippen LogP contribution in [0.2, 0.25) is 0 Å². The number of rotatable bonds is 5. The van der Waals surface area contributed by atoms with E-state index in [1.807, 2.05) is 0 Å². The summed E-state index contributed by atoms with van der Waals surface area (Å²) in [6, 6.07) is 9.65. The average Bonchev–Trinajstić information content (AvgIpc) is 2.98. The zero-order valence-electron chi connectivity index (χ0n) is 12.2. The lowest BCUT2D eigenvalue weighted by Crippen LogP contribution is -2.27. The summed E-state index contributed by atoms with van der Waals surface area (Å²) in [5, 5.41) is 7.02. The number of halogens is 3. The number of oxime groups is 1. The van der Waals surface area contributed by atoms with E-state index in [1.54, 1.807) is 12.1 Å². The molecule has 0 fully saturated rings. The van der Waals surface area contributed by atoms with Gasteiger partial charge in [0.05, 0.1) is 5.71 Å². The molecular formula is C17H15F3N2O. The van der Waals surface area contributed by atoms with E-state index >= 15 is 0 Å². The Morgan fingerprint density at radius 1 is 1.09 bits per heavy atom. The lowest BCUT2D eigenvalue weighted by Gasteiger charge is -2.10. The Morgan fingerprint density at radius 3 is 2.70 bits per heavy atom. The van der Waals surface area contributed by atoms with Crippen molar-refractivity contribution < 1.29 is 18.0 Å². The van der Waals surface area contributed by atoms with Crippen LogP contribution in [0.15, 0.2) is 47.6 Å². The summed E-state index contributed by atoms with van der Waals surface area (Å²) in [7, 11) is 0. The Hall–Kier alpha value is -2.34. The second kappa shape index (κ2) is 6.83. The Labute approximate surface area is 131 Å². The van der Waals surface area contributed by atoms with E-state index in [0.717, 1.165) is 6.07 Å². The summed E-state index contributed by atoms with van der Waals surface area (Å²) in [5.74, 6) is -1.50. The van der Waals surface area contributed by atoms with Gasteiger partial charge in [0.1, 0.15) is 23.6 Å². The van der Waals surface area contributed by atoms with Crippen LogP contribution in [-0.4, -0.2) is 18.4 Å². The highest BCUT2D eigenvalue weighted by molar-refractivity contribution is 6.01. The second-order valence-corrected chi connectivity index (χ2v) is 5.35. The van der Waals surface area contributed by atoms with Gasteiger partial charge in [-0.05, 0) is 18.2 Å². The van der Waals surface area contributed by atoms with Gasteiger partial charge in [-0.15, -0.1) is 0 Å². The molecule has 3 rings (SSSR count). The third kappa shape index (κ3) is 3.90. The SMILES string of the molecule is Fc1cccc(C2=NO[C@H](CNCc3ccc(F)cc3F)C2)c1. The van der Waals surface area contributed by atoms with Crippen LogP contribution >= 0.6 is 0 Å². The second-order valence-electron chi connectivity index (χ2n) is 5.35. The molecule has 6 heteroatoms. The Bertz CT molecular complexity index is 734. The Morgan fingerprint density at radius 2 is 1.91 bits per heavy atom. The number of benzene rings is 2. The minimum atomic E-state index is -0.599. The van der Waals surface area contributed by atoms with Gasteiger partial charge in [0.25, 0.3) is 0 Å². The molecule has 0 saturated heterocycles. The van der Waals surface area contributed by atoms with Crippen molar-refractivity contribution >= 4 is 5.71 Å². The van der Waals surface area contributed by atoms with Gasteiger partial charge >= 0.3 is 0 Å². The minimum Gasteiger partial charge on any atom is -0.390 e. The molecule has 1 N–H and O–H groups in total. The van der Waals surface area contributed by atoms with Crippen LogP contribution in [0.1, 0.15) is 17.5 Å². The molecule has 1 aliphatic rings. The van der Waals surface area contributed by atoms with Gasteiger partial charge in [-0.1, -0.05) is 23.4 Å². The summed E-state index contributed by atoms with van der Waals surface area (Å²) in [6.45, 7) is 0.723. The van der Waals surface area contributed by atoms with Gasteiger partial charge in [0.2, 0.25) is 0 Å². The van der Waals surface area contributed by atoms with E-state index in [4.69, 9.17) is 4.84 Å². The molecule has 0 unspecified atom stereocenters. The third-order valence-electron chi connectivity index (χ3n) is 3.59. The molecule has 0 spiro atoms. The largest absolute Gasteiger partial charge is 0.390 e. The predicted molar refractivity (Wildman–Crippen MR) is 80.5 cm³/mol. The maximum atomic E-state index is 13.5. The molecule has 2 aromatic carbocycles. The summed E-state index contributed by atoms with van der Waals surface area (Å²) >= 11 is 0. The molecule has 3 nitrogen and oxygen atoms in total. The molecule has 120 valence electrons. The fourth-order valence-electron chi connectivity index (χ4n) is 2.41. The fourth-order valence-corrected chi connectivity index (χ4v) is 2.41. The number of nitrogens with zero attached hydrogens (tertiary/aromatic N) is 1. The molecule has 1 aliphatic heterocycles. The molecule has 0 radical (unpaired) electrons. The van der Waals surface area contributed by atoms with Crippen molar-refractivity contribution in [2.24, 2.45) is 5.16 Å². The fraction of sp³-hybridized carbons (Fsp3) is 0.235. The molecule has 0 amide bonds. The molecule has 1 heterocycles. The lowest BCUT2D eigenvalue weighted by molar-refractivity contribution is 0.0848. The summed E-state index contributed by atoms with van der Waals surface area (Å²) in [5.41, 5.74) is 1.76. The van der Waals surface area contributed by atoms with Gasteiger partial charge in [0.15, 0.2) is 0 Å². The van der Waals surface area contributed by atoms with Crippen LogP contribution in [0.3, 0.4) is 0 Å². The van der Waals surface area contributed by atoms with Crippen LogP contribution in [0.4, 0.5) is 13.2 Å². The normalized spacial score (nSPS) is 17.0. The first kappa shape index (κ1) is 15.6. The number of hydrogen-bond donors (Lipinski definition) is 1. The van der Waals surface area contributed by atoms with Crippen LogP contribution in [0.5, 0.6) is 0 Å². The smallest absolute Gasteiger partial charge is 0.145 e. The van der Waals surface area contributed by atoms with Crippen molar-refractivity contribution in [3.8, 4) is 0 Å². The van der Waals surface area contributed by atoms with Crippen molar-refractivity contribution in [2.45, 2.75) is 19.1 Å². The highest BCUT2D eigenvalue weighted by atomic mass is 19.1. The first-order chi connectivity index (χ1) is 11.1. The zero-order chi connectivity index (χ0) is 16.2. The van der Waals surface area contributed by atoms with E-state index in [9.17, 15) is 13.2 Å². The van der Waals surface area contributed by atoms with Gasteiger partial charge in [0, 0.05) is 36.7 Å². The molecule has 2 aromatic rings. The quantitative estimate of drug-likeness (QED) is 0.916. The van der Waals surface area contributed by atoms with Gasteiger partial charge in [-0.3, -0.25) is 0 Å². The molecular weight excluding hydrogens is 305 g/mol. The maximum Gasteiger partial charge on any atom is 0.145 e. The van der Waals surface area contributed by atoms with E-state index in [2.05, 4.69) is 10.5 Å². The summed E-state index contributed by atoms with van der Waals surface area (Å²) in [4.78, 5) is 5.30. The molecule has 1 atom stereocenters. The van der Waals surface area contributed by atoms with Crippen molar-refractivity contribution in [1.29, 1.82) is 0 Å². The summed E-state index contributed by atoms with van der Waals surface area (Å²) in [6.07, 6.45) is 0.347. The maximum absolute atomic E-state index is 13.5. The third-order valence-corrected chi connectivity index (χ3v) is 3.59. The highest BCUT2D eigenvalue weighted by Crippen LogP contribution is 2.17. The van der Waals surface area contributed by atoms with Crippen LogP contribution < -0.4 is 5.32 Å². The van der Waals surface area contributed by atoms with Crippen molar-refractivity contribution in [2.75, 3.05) is 6.54 Å². The topological polar surface area (TPSA) is 33.6 Å². The minimum absolute atomic E-state index is 0.197. The number of hydrogen-bond acceptors (Lipinski definition) is 3. The molecule has 0 aromatic heterocycles. The van der Waals surface area contributed by atoms with Crippen molar-refractivity contribution in [1.82, 2.24) is 5.32 Å². The van der Waals surface area contributed by atoms with Gasteiger partial charge < -0.3 is 10.2 Å². The van der Waals surface area contributed by atoms with Crippen molar-refractivity contribution in [3.05, 3.63) is 71.0 Å². The Balaban J connectivity index is 1.50. The molecule has 0 aliphatic carbocycles. The molecule has 0 bridgehead atoms. The Kier molecular flexibility index (Phi) is 4.62. The van der Waals surface area contributed by atoms with Gasteiger partial charge in [-0.2, -0.15) is 0 Å². The first-order valence-electron chi connectivity index (χ1n) is 7.25. The van der Waals surface area contributed by atoms with Gasteiger partial charge in [-0.25, -0.2) is 13.2 Å². The highest BCUT2D eigenvalue weighted by Gasteiger charge is 2.22. The average molecular weight is 320 g/mol. The van der Waals surface area contributed by atoms with Crippen molar-refractivity contribution in [3.63, 3.8) is 0 Å². The van der Waals surface area contributed by atoms with Crippen LogP contribution in [0.25, 0.3) is 0 Å². The zero-order valence-corrected chi connectivity index (χ0v) is 12.2.